The molecule has 2 heteroatoms. The van der Waals surface area contributed by atoms with Gasteiger partial charge in [0.15, 0.2) is 0 Å². The van der Waals surface area contributed by atoms with Gasteiger partial charge in [-0.05, 0) is 110 Å². The largest absolute Gasteiger partial charge is 0.456 e. The monoisotopic (exact) mass is 653 g/mol. The van der Waals surface area contributed by atoms with Crippen molar-refractivity contribution < 1.29 is 4.42 Å². The highest BCUT2D eigenvalue weighted by Gasteiger charge is 2.37. The number of hydrogen-bond donors (Lipinski definition) is 0. The lowest BCUT2D eigenvalue weighted by Gasteiger charge is -2.27. The Morgan fingerprint density at radius 2 is 1.04 bits per heavy atom. The predicted molar refractivity (Wildman–Crippen MR) is 214 cm³/mol. The van der Waals surface area contributed by atoms with E-state index in [1.807, 2.05) is 12.1 Å². The molecule has 0 saturated carbocycles. The summed E-state index contributed by atoms with van der Waals surface area (Å²) < 4.78 is 6.29. The number of rotatable bonds is 5. The van der Waals surface area contributed by atoms with Crippen LogP contribution in [0.3, 0.4) is 0 Å². The Hall–Kier alpha value is -6.38. The summed E-state index contributed by atoms with van der Waals surface area (Å²) in [5.41, 5.74) is 15.1. The summed E-state index contributed by atoms with van der Waals surface area (Å²) in [7, 11) is 0. The van der Waals surface area contributed by atoms with Crippen LogP contribution in [0.4, 0.5) is 17.1 Å². The van der Waals surface area contributed by atoms with Gasteiger partial charge in [0.05, 0.1) is 0 Å². The van der Waals surface area contributed by atoms with Gasteiger partial charge in [-0.3, -0.25) is 0 Å². The van der Waals surface area contributed by atoms with Gasteiger partial charge >= 0.3 is 0 Å². The van der Waals surface area contributed by atoms with Crippen LogP contribution in [0.5, 0.6) is 0 Å². The Kier molecular flexibility index (Phi) is 6.56. The van der Waals surface area contributed by atoms with Crippen molar-refractivity contribution in [2.75, 3.05) is 4.90 Å². The standard InChI is InChI=1S/C49H35NO/c1-49(2)44-28-25-39(31-43(44)48-40-16-7-6-13-34(40)22-27-45(48)49)50(37-23-19-33(20-24-37)32-11-4-3-5-12-32)38-15-10-14-35(29-38)36-21-26-42-41-17-8-9-18-46(41)51-47(42)30-36/h3-31H,1-2H3. The van der Waals surface area contributed by atoms with Crippen molar-refractivity contribution in [3.8, 4) is 33.4 Å². The average Bonchev–Trinajstić information content (AvgIpc) is 3.67. The topological polar surface area (TPSA) is 16.4 Å². The molecule has 0 fully saturated rings. The molecule has 0 spiro atoms. The van der Waals surface area contributed by atoms with Crippen molar-refractivity contribution in [1.82, 2.24) is 0 Å². The quantitative estimate of drug-likeness (QED) is 0.184. The van der Waals surface area contributed by atoms with Gasteiger partial charge in [-0.2, -0.15) is 0 Å². The van der Waals surface area contributed by atoms with Gasteiger partial charge in [-0.1, -0.05) is 135 Å². The molecule has 0 aliphatic heterocycles. The maximum Gasteiger partial charge on any atom is 0.136 e. The van der Waals surface area contributed by atoms with E-state index in [-0.39, 0.29) is 5.41 Å². The van der Waals surface area contributed by atoms with Crippen LogP contribution >= 0.6 is 0 Å². The molecule has 0 radical (unpaired) electrons. The fraction of sp³-hybridized carbons (Fsp3) is 0.0612. The highest BCUT2D eigenvalue weighted by molar-refractivity contribution is 6.06. The number of nitrogens with zero attached hydrogens (tertiary/aromatic N) is 1. The van der Waals surface area contributed by atoms with Crippen LogP contribution in [-0.4, -0.2) is 0 Å². The zero-order valence-corrected chi connectivity index (χ0v) is 28.6. The third-order valence-electron chi connectivity index (χ3n) is 10.9. The summed E-state index contributed by atoms with van der Waals surface area (Å²) in [5.74, 6) is 0. The Bertz CT molecular complexity index is 2770. The van der Waals surface area contributed by atoms with E-state index in [0.29, 0.717) is 0 Å². The summed E-state index contributed by atoms with van der Waals surface area (Å²) >= 11 is 0. The molecule has 1 heterocycles. The molecule has 51 heavy (non-hydrogen) atoms. The molecule has 8 aromatic carbocycles. The third-order valence-corrected chi connectivity index (χ3v) is 10.9. The molecular weight excluding hydrogens is 619 g/mol. The number of fused-ring (bicyclic) bond motifs is 8. The van der Waals surface area contributed by atoms with E-state index in [4.69, 9.17) is 4.42 Å². The molecule has 10 rings (SSSR count). The van der Waals surface area contributed by atoms with E-state index in [1.54, 1.807) is 0 Å². The molecule has 1 aliphatic carbocycles. The SMILES string of the molecule is CC1(C)c2ccc(N(c3ccc(-c4ccccc4)cc3)c3cccc(-c4ccc5c(c4)oc4ccccc45)c3)cc2-c2c1ccc1ccccc21. The molecule has 9 aromatic rings. The molecule has 242 valence electrons. The first kappa shape index (κ1) is 29.5. The summed E-state index contributed by atoms with van der Waals surface area (Å²) in [5, 5.41) is 4.86. The van der Waals surface area contributed by atoms with Gasteiger partial charge in [0.2, 0.25) is 0 Å². The highest BCUT2D eigenvalue weighted by Crippen LogP contribution is 2.53. The van der Waals surface area contributed by atoms with Crippen molar-refractivity contribution in [1.29, 1.82) is 0 Å². The molecule has 0 saturated heterocycles. The summed E-state index contributed by atoms with van der Waals surface area (Å²) in [6.45, 7) is 4.71. The van der Waals surface area contributed by atoms with Crippen molar-refractivity contribution in [3.05, 3.63) is 187 Å². The molecule has 1 aliphatic rings. The van der Waals surface area contributed by atoms with Crippen LogP contribution in [0.15, 0.2) is 180 Å². The molecule has 0 unspecified atom stereocenters. The molecule has 2 nitrogen and oxygen atoms in total. The summed E-state index contributed by atoms with van der Waals surface area (Å²) in [6, 6.07) is 63.7. The smallest absolute Gasteiger partial charge is 0.136 e. The fourth-order valence-electron chi connectivity index (χ4n) is 8.26. The zero-order chi connectivity index (χ0) is 34.1. The molecule has 1 aromatic heterocycles. The van der Waals surface area contributed by atoms with Crippen LogP contribution in [0.1, 0.15) is 25.0 Å². The second kappa shape index (κ2) is 11.3. The van der Waals surface area contributed by atoms with Crippen LogP contribution in [0.2, 0.25) is 0 Å². The van der Waals surface area contributed by atoms with Gasteiger partial charge in [-0.15, -0.1) is 0 Å². The maximum absolute atomic E-state index is 6.29. The van der Waals surface area contributed by atoms with E-state index in [0.717, 1.165) is 50.1 Å². The zero-order valence-electron chi connectivity index (χ0n) is 28.6. The van der Waals surface area contributed by atoms with Crippen LogP contribution in [0.25, 0.3) is 66.1 Å². The maximum atomic E-state index is 6.29. The minimum Gasteiger partial charge on any atom is -0.456 e. The van der Waals surface area contributed by atoms with Crippen molar-refractivity contribution in [3.63, 3.8) is 0 Å². The molecule has 0 N–H and O–H groups in total. The van der Waals surface area contributed by atoms with E-state index in [2.05, 4.69) is 183 Å². The van der Waals surface area contributed by atoms with E-state index in [1.165, 1.54) is 44.2 Å². The lowest BCUT2D eigenvalue weighted by Crippen LogP contribution is -2.15. The van der Waals surface area contributed by atoms with E-state index < -0.39 is 0 Å². The lowest BCUT2D eigenvalue weighted by atomic mass is 9.82. The Morgan fingerprint density at radius 1 is 0.412 bits per heavy atom. The van der Waals surface area contributed by atoms with Gasteiger partial charge in [0, 0.05) is 33.2 Å². The van der Waals surface area contributed by atoms with Gasteiger partial charge in [0.25, 0.3) is 0 Å². The Balaban J connectivity index is 1.14. The van der Waals surface area contributed by atoms with Crippen molar-refractivity contribution >= 4 is 49.8 Å². The molecule has 0 amide bonds. The van der Waals surface area contributed by atoms with Crippen LogP contribution in [0, 0.1) is 0 Å². The third kappa shape index (κ3) is 4.71. The van der Waals surface area contributed by atoms with Gasteiger partial charge < -0.3 is 9.32 Å². The number of furan rings is 1. The average molecular weight is 654 g/mol. The first-order valence-corrected chi connectivity index (χ1v) is 17.7. The van der Waals surface area contributed by atoms with Crippen molar-refractivity contribution in [2.45, 2.75) is 19.3 Å². The normalized spacial score (nSPS) is 13.1. The Labute approximate surface area is 297 Å². The summed E-state index contributed by atoms with van der Waals surface area (Å²) in [4.78, 5) is 2.40. The first-order chi connectivity index (χ1) is 25.0. The van der Waals surface area contributed by atoms with E-state index in [9.17, 15) is 0 Å². The van der Waals surface area contributed by atoms with Gasteiger partial charge in [-0.25, -0.2) is 0 Å². The minimum absolute atomic E-state index is 0.0927. The fourth-order valence-corrected chi connectivity index (χ4v) is 8.26. The lowest BCUT2D eigenvalue weighted by molar-refractivity contribution is 0.661. The van der Waals surface area contributed by atoms with Crippen LogP contribution in [-0.2, 0) is 5.41 Å². The molecule has 0 bridgehead atoms. The first-order valence-electron chi connectivity index (χ1n) is 17.7. The minimum atomic E-state index is -0.0927. The number of anilines is 3. The summed E-state index contributed by atoms with van der Waals surface area (Å²) in [6.07, 6.45) is 0. The molecule has 0 atom stereocenters. The highest BCUT2D eigenvalue weighted by atomic mass is 16.3. The van der Waals surface area contributed by atoms with Crippen molar-refractivity contribution in [2.24, 2.45) is 0 Å². The molecular formula is C49H35NO. The number of hydrogen-bond acceptors (Lipinski definition) is 2. The number of para-hydroxylation sites is 1. The second-order valence-electron chi connectivity index (χ2n) is 14.2. The van der Waals surface area contributed by atoms with Crippen LogP contribution < -0.4 is 4.90 Å². The predicted octanol–water partition coefficient (Wildman–Crippen LogP) is 13.8. The van der Waals surface area contributed by atoms with E-state index >= 15 is 0 Å². The number of benzene rings is 8. The van der Waals surface area contributed by atoms with Gasteiger partial charge in [0.1, 0.15) is 11.2 Å². The second-order valence-corrected chi connectivity index (χ2v) is 14.2. The Morgan fingerprint density at radius 3 is 1.90 bits per heavy atom.